The Hall–Kier alpha value is -1.91. The molecule has 0 unspecified atom stereocenters. The van der Waals surface area contributed by atoms with Crippen LogP contribution in [0.1, 0.15) is 113 Å². The minimum absolute atomic E-state index is 0.0822. The summed E-state index contributed by atoms with van der Waals surface area (Å²) in [6.45, 7) is 27.0. The fourth-order valence-corrected chi connectivity index (χ4v) is 17.5. The number of rotatable bonds is 13. The Morgan fingerprint density at radius 1 is 0.857 bits per heavy atom. The first kappa shape index (κ1) is 43.7. The summed E-state index contributed by atoms with van der Waals surface area (Å²) in [5.41, 5.74) is -2.73. The van der Waals surface area contributed by atoms with Gasteiger partial charge >= 0.3 is 11.9 Å². The smallest absolute Gasteiger partial charge is 0.338 e. The lowest BCUT2D eigenvalue weighted by Crippen LogP contribution is -2.82. The predicted octanol–water partition coefficient (Wildman–Crippen LogP) is 8.73. The van der Waals surface area contributed by atoms with Crippen molar-refractivity contribution in [1.29, 1.82) is 0 Å². The number of esters is 2. The molecule has 1 aromatic carbocycles. The van der Waals surface area contributed by atoms with Gasteiger partial charge in [-0.25, -0.2) is 4.79 Å². The average molecular weight is 815 g/mol. The standard InChI is InChI=1S/C44H70O10Si2/c1-14-55(15-2,16-3)53-31-26-44(47)38(49-39(46)30-23-21-20-22-24-30)36-42(13,37-35(51-41(11,12)52-37)34(28(31)7)40(44,9)10)32(54-56(17-4,18-5)19-6)25-33-43(36,27-48-33)50-29(8)45/h20-24,31-33,35-38,47H,14-19,25-27H2,1-13H3/t31-,32-,33+,35+,36-,37+,38-,42+,43-,44+/m0/s1. The maximum atomic E-state index is 14.6. The van der Waals surface area contributed by atoms with E-state index in [4.69, 9.17) is 32.5 Å². The molecule has 10 nitrogen and oxygen atoms in total. The third-order valence-electron chi connectivity index (χ3n) is 15.5. The number of hydrogen-bond donors (Lipinski definition) is 1. The lowest BCUT2D eigenvalue weighted by molar-refractivity contribution is -0.361. The van der Waals surface area contributed by atoms with E-state index in [0.29, 0.717) is 12.0 Å². The van der Waals surface area contributed by atoms with Crippen LogP contribution in [-0.4, -0.2) is 93.9 Å². The molecule has 1 aromatic rings. The Balaban J connectivity index is 1.71. The first-order valence-electron chi connectivity index (χ1n) is 21.4. The summed E-state index contributed by atoms with van der Waals surface area (Å²) in [6, 6.07) is 14.5. The van der Waals surface area contributed by atoms with E-state index in [1.165, 1.54) is 6.92 Å². The van der Waals surface area contributed by atoms with Crippen molar-refractivity contribution in [1.82, 2.24) is 0 Å². The van der Waals surface area contributed by atoms with Crippen LogP contribution in [0.2, 0.25) is 36.3 Å². The van der Waals surface area contributed by atoms with Gasteiger partial charge in [0.25, 0.3) is 0 Å². The van der Waals surface area contributed by atoms with Crippen molar-refractivity contribution in [3.63, 3.8) is 0 Å². The molecule has 2 saturated carbocycles. The fraction of sp³-hybridized carbons (Fsp3) is 0.773. The van der Waals surface area contributed by atoms with E-state index >= 15 is 0 Å². The summed E-state index contributed by atoms with van der Waals surface area (Å²) in [5, 5.41) is 14.1. The van der Waals surface area contributed by atoms with Crippen LogP contribution in [0.15, 0.2) is 41.5 Å². The van der Waals surface area contributed by atoms with Gasteiger partial charge in [-0.05, 0) is 80.3 Å². The molecule has 5 aliphatic rings. The SMILES string of the molecule is CC[Si](CC)(CC)O[C@H]1C[C@@]2(O)[C@@H](OC(=O)c3ccccc3)[C@@H]3[C@]4(OC(C)=O)CO[C@@H]4C[C@H](O[Si](CC)(CC)CC)[C@@]3(C)[C@@H]3OC(C)(C)O[C@@H]3C(=C1C)C2(C)C. The third-order valence-corrected chi connectivity index (χ3v) is 24.8. The van der Waals surface area contributed by atoms with Crippen LogP contribution in [0, 0.1) is 16.7 Å². The van der Waals surface area contributed by atoms with Gasteiger partial charge in [0.2, 0.25) is 0 Å². The molecule has 4 fully saturated rings. The van der Waals surface area contributed by atoms with Crippen molar-refractivity contribution < 1.29 is 47.2 Å². The van der Waals surface area contributed by atoms with Crippen LogP contribution in [0.25, 0.3) is 0 Å². The van der Waals surface area contributed by atoms with Crippen molar-refractivity contribution in [2.45, 2.75) is 193 Å². The normalized spacial score (nSPS) is 37.3. The topological polar surface area (TPSA) is 119 Å². The summed E-state index contributed by atoms with van der Waals surface area (Å²) in [7, 11) is -4.58. The third kappa shape index (κ3) is 6.64. The zero-order valence-corrected chi connectivity index (χ0v) is 38.4. The quantitative estimate of drug-likeness (QED) is 0.118. The zero-order chi connectivity index (χ0) is 41.3. The summed E-state index contributed by atoms with van der Waals surface area (Å²) in [5.74, 6) is -2.88. The van der Waals surface area contributed by atoms with E-state index < -0.39 is 98.9 Å². The average Bonchev–Trinajstić information content (AvgIpc) is 3.48. The van der Waals surface area contributed by atoms with Gasteiger partial charge in [-0.2, -0.15) is 0 Å². The molecule has 0 radical (unpaired) electrons. The molecule has 0 amide bonds. The second-order valence-electron chi connectivity index (χ2n) is 18.6. The van der Waals surface area contributed by atoms with Gasteiger partial charge < -0.3 is 37.6 Å². The minimum Gasteiger partial charge on any atom is -0.455 e. The molecule has 2 saturated heterocycles. The molecule has 2 bridgehead atoms. The summed E-state index contributed by atoms with van der Waals surface area (Å²) in [4.78, 5) is 28.0. The lowest BCUT2D eigenvalue weighted by atomic mass is 9.44. The van der Waals surface area contributed by atoms with Crippen molar-refractivity contribution in [2.75, 3.05) is 6.61 Å². The van der Waals surface area contributed by atoms with E-state index in [1.807, 2.05) is 33.8 Å². The van der Waals surface area contributed by atoms with Crippen molar-refractivity contribution in [3.05, 3.63) is 47.0 Å². The van der Waals surface area contributed by atoms with Crippen molar-refractivity contribution in [2.24, 2.45) is 16.7 Å². The maximum absolute atomic E-state index is 14.6. The summed E-state index contributed by atoms with van der Waals surface area (Å²) < 4.78 is 49.2. The lowest BCUT2D eigenvalue weighted by Gasteiger charge is -2.70. The number of hydrogen-bond acceptors (Lipinski definition) is 10. The highest BCUT2D eigenvalue weighted by atomic mass is 28.4. The van der Waals surface area contributed by atoms with Gasteiger partial charge in [-0.1, -0.05) is 80.5 Å². The molecule has 12 heteroatoms. The van der Waals surface area contributed by atoms with Crippen LogP contribution in [0.3, 0.4) is 0 Å². The van der Waals surface area contributed by atoms with Crippen LogP contribution >= 0.6 is 0 Å². The van der Waals surface area contributed by atoms with Gasteiger partial charge in [0.15, 0.2) is 28.0 Å². The van der Waals surface area contributed by atoms with E-state index in [-0.39, 0.29) is 13.0 Å². The number of carbonyl (C=O) groups excluding carboxylic acids is 2. The van der Waals surface area contributed by atoms with Crippen molar-refractivity contribution in [3.8, 4) is 0 Å². The summed E-state index contributed by atoms with van der Waals surface area (Å²) >= 11 is 0. The Labute approximate surface area is 338 Å². The minimum atomic E-state index is -2.32. The first-order chi connectivity index (χ1) is 26.2. The van der Waals surface area contributed by atoms with Gasteiger partial charge in [-0.3, -0.25) is 4.79 Å². The van der Waals surface area contributed by atoms with E-state index in [2.05, 4.69) is 55.4 Å². The Bertz CT molecular complexity index is 1640. The molecule has 56 heavy (non-hydrogen) atoms. The van der Waals surface area contributed by atoms with Crippen LogP contribution in [-0.2, 0) is 37.3 Å². The molecule has 314 valence electrons. The largest absolute Gasteiger partial charge is 0.455 e. The second-order valence-corrected chi connectivity index (χ2v) is 28.1. The van der Waals surface area contributed by atoms with Crippen LogP contribution in [0.4, 0.5) is 0 Å². The predicted molar refractivity (Wildman–Crippen MR) is 220 cm³/mol. The number of aliphatic hydroxyl groups is 1. The highest BCUT2D eigenvalue weighted by molar-refractivity contribution is 6.74. The molecular formula is C44H70O10Si2. The molecule has 10 atom stereocenters. The van der Waals surface area contributed by atoms with Crippen molar-refractivity contribution >= 4 is 28.6 Å². The van der Waals surface area contributed by atoms with Gasteiger partial charge in [-0.15, -0.1) is 0 Å². The zero-order valence-electron chi connectivity index (χ0n) is 36.4. The highest BCUT2D eigenvalue weighted by Gasteiger charge is 2.80. The van der Waals surface area contributed by atoms with Crippen LogP contribution in [0.5, 0.6) is 0 Å². The van der Waals surface area contributed by atoms with E-state index in [9.17, 15) is 14.7 Å². The van der Waals surface area contributed by atoms with E-state index in [0.717, 1.165) is 47.4 Å². The molecule has 2 heterocycles. The molecule has 6 rings (SSSR count). The number of benzene rings is 1. The molecule has 1 N–H and O–H groups in total. The molecule has 3 aliphatic carbocycles. The highest BCUT2D eigenvalue weighted by Crippen LogP contribution is 2.68. The monoisotopic (exact) mass is 814 g/mol. The van der Waals surface area contributed by atoms with Gasteiger partial charge in [0, 0.05) is 30.6 Å². The van der Waals surface area contributed by atoms with Gasteiger partial charge in [0.1, 0.15) is 23.9 Å². The fourth-order valence-electron chi connectivity index (χ4n) is 11.6. The van der Waals surface area contributed by atoms with E-state index in [1.54, 1.807) is 24.3 Å². The molecular weight excluding hydrogens is 745 g/mol. The number of fused-ring (bicyclic) bond motifs is 8. The molecule has 0 aromatic heterocycles. The molecule has 2 aliphatic heterocycles. The first-order valence-corrected chi connectivity index (χ1v) is 26.5. The maximum Gasteiger partial charge on any atom is 0.338 e. The Kier molecular flexibility index (Phi) is 11.9. The van der Waals surface area contributed by atoms with Gasteiger partial charge in [0.05, 0.1) is 36.4 Å². The Morgan fingerprint density at radius 2 is 1.43 bits per heavy atom. The second kappa shape index (κ2) is 15.3. The molecule has 0 spiro atoms. The number of ether oxygens (including phenoxy) is 5. The van der Waals surface area contributed by atoms with Crippen LogP contribution < -0.4 is 0 Å². The summed E-state index contributed by atoms with van der Waals surface area (Å²) in [6.07, 6.45) is -3.34. The number of carbonyl (C=O) groups is 2. The Morgan fingerprint density at radius 3 is 1.95 bits per heavy atom.